The number of rotatable bonds is 7. The molecule has 2 aromatic heterocycles. The number of nitrogens with zero attached hydrogens (tertiary/aromatic N) is 3. The zero-order chi connectivity index (χ0) is 25.9. The predicted octanol–water partition coefficient (Wildman–Crippen LogP) is 5.80. The number of carbonyl (C=O) groups excluding carboxylic acids is 1. The van der Waals surface area contributed by atoms with Crippen molar-refractivity contribution in [3.63, 3.8) is 0 Å². The zero-order valence-electron chi connectivity index (χ0n) is 21.3. The molecule has 188 valence electrons. The van der Waals surface area contributed by atoms with E-state index in [1.54, 1.807) is 0 Å². The maximum atomic E-state index is 12.8. The van der Waals surface area contributed by atoms with Crippen molar-refractivity contribution in [2.75, 3.05) is 11.9 Å². The minimum absolute atomic E-state index is 0.0424. The number of pyridine rings is 1. The summed E-state index contributed by atoms with van der Waals surface area (Å²) in [5, 5.41) is 7.12. The predicted molar refractivity (Wildman–Crippen MR) is 152 cm³/mol. The number of thiocarbonyl (C=S) groups is 1. The molecule has 4 aromatic rings. The molecule has 0 aliphatic carbocycles. The third-order valence-corrected chi connectivity index (χ3v) is 7.27. The summed E-state index contributed by atoms with van der Waals surface area (Å²) in [5.41, 5.74) is 7.54. The first kappa shape index (κ1) is 24.7. The van der Waals surface area contributed by atoms with Gasteiger partial charge in [0.1, 0.15) is 0 Å². The van der Waals surface area contributed by atoms with E-state index >= 15 is 0 Å². The van der Waals surface area contributed by atoms with Crippen LogP contribution in [0.4, 0.5) is 5.69 Å². The first-order valence-electron chi connectivity index (χ1n) is 12.5. The summed E-state index contributed by atoms with van der Waals surface area (Å²) in [6, 6.07) is 26.0. The Morgan fingerprint density at radius 1 is 1.00 bits per heavy atom. The normalized spacial score (nSPS) is 17.1. The fourth-order valence-corrected chi connectivity index (χ4v) is 5.46. The standard InChI is InChI=1S/C30H31N5OS/c1-20-12-14-24(15-13-20)35-21(2)19-25(22(35)3)29-28(26-11-7-8-17-31-26)33-30(37)34(29)18-16-27(36)32-23-9-5-4-6-10-23/h4-15,17,19,28-29H,16,18H2,1-3H3,(H,32,36)(H,33,37). The largest absolute Gasteiger partial charge is 0.352 e. The fraction of sp³-hybridized carbons (Fsp3) is 0.233. The molecule has 1 fully saturated rings. The average Bonchev–Trinajstić information content (AvgIpc) is 3.39. The van der Waals surface area contributed by atoms with Gasteiger partial charge in [-0.05, 0) is 81.0 Å². The highest BCUT2D eigenvalue weighted by molar-refractivity contribution is 7.80. The van der Waals surface area contributed by atoms with Gasteiger partial charge in [-0.3, -0.25) is 9.78 Å². The summed E-state index contributed by atoms with van der Waals surface area (Å²) in [4.78, 5) is 19.6. The van der Waals surface area contributed by atoms with Crippen molar-refractivity contribution in [3.05, 3.63) is 113 Å². The topological polar surface area (TPSA) is 62.2 Å². The van der Waals surface area contributed by atoms with Gasteiger partial charge in [-0.25, -0.2) is 0 Å². The molecule has 1 aliphatic rings. The fourth-order valence-electron chi connectivity index (χ4n) is 5.13. The van der Waals surface area contributed by atoms with Crippen molar-refractivity contribution >= 4 is 28.9 Å². The molecule has 6 nitrogen and oxygen atoms in total. The van der Waals surface area contributed by atoms with Crippen molar-refractivity contribution in [1.82, 2.24) is 19.8 Å². The van der Waals surface area contributed by atoms with E-state index in [0.29, 0.717) is 18.1 Å². The number of aryl methyl sites for hydroxylation is 2. The summed E-state index contributed by atoms with van der Waals surface area (Å²) in [6.45, 7) is 6.87. The molecular weight excluding hydrogens is 478 g/mol. The van der Waals surface area contributed by atoms with Crippen LogP contribution in [0.5, 0.6) is 0 Å². The number of hydrogen-bond acceptors (Lipinski definition) is 3. The van der Waals surface area contributed by atoms with Crippen LogP contribution in [-0.4, -0.2) is 32.0 Å². The van der Waals surface area contributed by atoms with E-state index in [4.69, 9.17) is 12.2 Å². The molecule has 3 heterocycles. The lowest BCUT2D eigenvalue weighted by Crippen LogP contribution is -2.32. The van der Waals surface area contributed by atoms with E-state index in [1.807, 2.05) is 54.7 Å². The number of benzene rings is 2. The van der Waals surface area contributed by atoms with Gasteiger partial charge >= 0.3 is 0 Å². The monoisotopic (exact) mass is 509 g/mol. The number of amides is 1. The Balaban J connectivity index is 1.47. The van der Waals surface area contributed by atoms with Crippen LogP contribution >= 0.6 is 12.2 Å². The van der Waals surface area contributed by atoms with Crippen molar-refractivity contribution < 1.29 is 4.79 Å². The molecule has 1 saturated heterocycles. The number of carbonyl (C=O) groups is 1. The zero-order valence-corrected chi connectivity index (χ0v) is 22.1. The van der Waals surface area contributed by atoms with Gasteiger partial charge in [-0.1, -0.05) is 42.0 Å². The maximum absolute atomic E-state index is 12.8. The van der Waals surface area contributed by atoms with Crippen LogP contribution in [0.1, 0.15) is 46.7 Å². The van der Waals surface area contributed by atoms with Crippen LogP contribution in [0, 0.1) is 20.8 Å². The first-order chi connectivity index (χ1) is 17.9. The molecule has 0 bridgehead atoms. The quantitative estimate of drug-likeness (QED) is 0.309. The van der Waals surface area contributed by atoms with Crippen LogP contribution in [0.15, 0.2) is 85.1 Å². The van der Waals surface area contributed by atoms with Crippen LogP contribution in [-0.2, 0) is 4.79 Å². The summed E-state index contributed by atoms with van der Waals surface area (Å²) < 4.78 is 2.28. The molecule has 2 N–H and O–H groups in total. The van der Waals surface area contributed by atoms with Gasteiger partial charge in [-0.15, -0.1) is 0 Å². The lowest BCUT2D eigenvalue weighted by Gasteiger charge is -2.28. The average molecular weight is 510 g/mol. The van der Waals surface area contributed by atoms with Crippen molar-refractivity contribution in [2.45, 2.75) is 39.3 Å². The van der Waals surface area contributed by atoms with E-state index < -0.39 is 0 Å². The number of para-hydroxylation sites is 1. The van der Waals surface area contributed by atoms with Gasteiger partial charge in [0.25, 0.3) is 0 Å². The van der Waals surface area contributed by atoms with Gasteiger partial charge in [0.2, 0.25) is 5.91 Å². The molecule has 1 amide bonds. The smallest absolute Gasteiger partial charge is 0.226 e. The Hall–Kier alpha value is -3.97. The number of nitrogens with one attached hydrogen (secondary N) is 2. The molecule has 37 heavy (non-hydrogen) atoms. The van der Waals surface area contributed by atoms with E-state index in [1.165, 1.54) is 11.1 Å². The van der Waals surface area contributed by atoms with E-state index in [9.17, 15) is 4.79 Å². The van der Waals surface area contributed by atoms with Gasteiger partial charge < -0.3 is 20.1 Å². The van der Waals surface area contributed by atoms with Gasteiger partial charge in [-0.2, -0.15) is 0 Å². The minimum atomic E-state index is -0.127. The summed E-state index contributed by atoms with van der Waals surface area (Å²) in [7, 11) is 0. The highest BCUT2D eigenvalue weighted by atomic mass is 32.1. The lowest BCUT2D eigenvalue weighted by atomic mass is 9.96. The lowest BCUT2D eigenvalue weighted by molar-refractivity contribution is -0.116. The van der Waals surface area contributed by atoms with E-state index in [0.717, 1.165) is 28.5 Å². The Kier molecular flexibility index (Phi) is 7.06. The van der Waals surface area contributed by atoms with Crippen molar-refractivity contribution in [1.29, 1.82) is 0 Å². The maximum Gasteiger partial charge on any atom is 0.226 e. The highest BCUT2D eigenvalue weighted by Gasteiger charge is 2.41. The third kappa shape index (κ3) is 5.13. The number of anilines is 1. The van der Waals surface area contributed by atoms with E-state index in [2.05, 4.69) is 76.2 Å². The second-order valence-electron chi connectivity index (χ2n) is 9.48. The van der Waals surface area contributed by atoms with Crippen LogP contribution < -0.4 is 10.6 Å². The Morgan fingerprint density at radius 3 is 2.43 bits per heavy atom. The molecular formula is C30H31N5OS. The SMILES string of the molecule is Cc1ccc(-n2c(C)cc(C3C(c4ccccn4)NC(=S)N3CCC(=O)Nc3ccccc3)c2C)cc1. The van der Waals surface area contributed by atoms with E-state index in [-0.39, 0.29) is 18.0 Å². The van der Waals surface area contributed by atoms with Crippen molar-refractivity contribution in [2.24, 2.45) is 0 Å². The van der Waals surface area contributed by atoms with Crippen LogP contribution in [0.2, 0.25) is 0 Å². The second kappa shape index (κ2) is 10.6. The summed E-state index contributed by atoms with van der Waals surface area (Å²) >= 11 is 5.82. The highest BCUT2D eigenvalue weighted by Crippen LogP contribution is 2.41. The molecule has 2 unspecified atom stereocenters. The van der Waals surface area contributed by atoms with Crippen LogP contribution in [0.3, 0.4) is 0 Å². The summed E-state index contributed by atoms with van der Waals surface area (Å²) in [6.07, 6.45) is 2.13. The minimum Gasteiger partial charge on any atom is -0.352 e. The molecule has 0 radical (unpaired) electrons. The summed E-state index contributed by atoms with van der Waals surface area (Å²) in [5.74, 6) is -0.0424. The molecule has 1 aliphatic heterocycles. The molecule has 0 saturated carbocycles. The molecule has 5 rings (SSSR count). The van der Waals surface area contributed by atoms with Gasteiger partial charge in [0, 0.05) is 41.9 Å². The molecule has 2 aromatic carbocycles. The Bertz CT molecular complexity index is 1400. The number of aromatic nitrogens is 2. The van der Waals surface area contributed by atoms with Crippen LogP contribution in [0.25, 0.3) is 5.69 Å². The van der Waals surface area contributed by atoms with Gasteiger partial charge in [0.05, 0.1) is 17.8 Å². The first-order valence-corrected chi connectivity index (χ1v) is 12.9. The Morgan fingerprint density at radius 2 is 1.73 bits per heavy atom. The second-order valence-corrected chi connectivity index (χ2v) is 9.87. The molecule has 7 heteroatoms. The van der Waals surface area contributed by atoms with Gasteiger partial charge in [0.15, 0.2) is 5.11 Å². The molecule has 0 spiro atoms. The molecule has 2 atom stereocenters. The van der Waals surface area contributed by atoms with Crippen molar-refractivity contribution in [3.8, 4) is 5.69 Å². The Labute approximate surface area is 223 Å². The number of hydrogen-bond donors (Lipinski definition) is 2. The third-order valence-electron chi connectivity index (χ3n) is 6.92.